The Hall–Kier alpha value is -1.99. The highest BCUT2D eigenvalue weighted by atomic mass is 16.6. The van der Waals surface area contributed by atoms with Crippen LogP contribution in [-0.4, -0.2) is 52.4 Å². The fourth-order valence-corrected chi connectivity index (χ4v) is 8.22. The Kier molecular flexibility index (Phi) is 5.97. The number of esters is 2. The van der Waals surface area contributed by atoms with Gasteiger partial charge in [0.2, 0.25) is 0 Å². The first-order valence-electron chi connectivity index (χ1n) is 12.7. The molecule has 9 atom stereocenters. The highest BCUT2D eigenvalue weighted by Gasteiger charge is 2.68. The van der Waals surface area contributed by atoms with Gasteiger partial charge in [-0.25, -0.2) is 0 Å². The topological polar surface area (TPSA) is 110 Å². The molecule has 0 spiro atoms. The number of ketones is 1. The van der Waals surface area contributed by atoms with E-state index in [1.54, 1.807) is 13.0 Å². The molecule has 0 heterocycles. The van der Waals surface area contributed by atoms with Gasteiger partial charge in [0, 0.05) is 30.1 Å². The molecule has 0 aromatic carbocycles. The molecule has 0 unspecified atom stereocenters. The predicted octanol–water partition coefficient (Wildman–Crippen LogP) is 3.52. The normalized spacial score (nSPS) is 44.7. The van der Waals surface area contributed by atoms with Gasteiger partial charge in [0.1, 0.15) is 12.2 Å². The van der Waals surface area contributed by atoms with Gasteiger partial charge in [-0.3, -0.25) is 14.4 Å². The zero-order valence-electron chi connectivity index (χ0n) is 22.2. The van der Waals surface area contributed by atoms with Crippen LogP contribution in [0.5, 0.6) is 0 Å². The van der Waals surface area contributed by atoms with Gasteiger partial charge >= 0.3 is 11.9 Å². The minimum absolute atomic E-state index is 0.0186. The van der Waals surface area contributed by atoms with E-state index >= 15 is 0 Å². The summed E-state index contributed by atoms with van der Waals surface area (Å²) in [6, 6.07) is 0. The molecule has 7 heteroatoms. The average Bonchev–Trinajstić information content (AvgIpc) is 2.92. The van der Waals surface area contributed by atoms with Crippen LogP contribution < -0.4 is 0 Å². The summed E-state index contributed by atoms with van der Waals surface area (Å²) >= 11 is 0. The minimum atomic E-state index is -0.887. The number of aliphatic hydroxyl groups is 2. The maximum absolute atomic E-state index is 14.0. The average molecular weight is 489 g/mol. The third-order valence-electron chi connectivity index (χ3n) is 10.2. The van der Waals surface area contributed by atoms with Crippen LogP contribution in [0.3, 0.4) is 0 Å². The van der Waals surface area contributed by atoms with Crippen LogP contribution in [0.15, 0.2) is 23.3 Å². The Morgan fingerprint density at radius 3 is 2.23 bits per heavy atom. The molecule has 0 bridgehead atoms. The number of carbonyl (C=O) groups is 3. The van der Waals surface area contributed by atoms with Gasteiger partial charge in [0.15, 0.2) is 5.78 Å². The van der Waals surface area contributed by atoms with Crippen molar-refractivity contribution in [2.24, 2.45) is 33.5 Å². The summed E-state index contributed by atoms with van der Waals surface area (Å²) < 4.78 is 11.4. The lowest BCUT2D eigenvalue weighted by molar-refractivity contribution is -0.185. The third kappa shape index (κ3) is 3.41. The molecule has 0 amide bonds. The molecule has 0 radical (unpaired) electrons. The summed E-state index contributed by atoms with van der Waals surface area (Å²) in [6.07, 6.45) is 2.47. The Balaban J connectivity index is 1.85. The van der Waals surface area contributed by atoms with Crippen molar-refractivity contribution in [3.8, 4) is 0 Å². The number of ether oxygens (including phenoxy) is 2. The summed E-state index contributed by atoms with van der Waals surface area (Å²) in [7, 11) is 0. The third-order valence-corrected chi connectivity index (χ3v) is 10.2. The highest BCUT2D eigenvalue weighted by Crippen LogP contribution is 2.70. The van der Waals surface area contributed by atoms with E-state index in [0.717, 1.165) is 11.1 Å². The van der Waals surface area contributed by atoms with Crippen LogP contribution >= 0.6 is 0 Å². The fourth-order valence-electron chi connectivity index (χ4n) is 8.22. The first-order valence-corrected chi connectivity index (χ1v) is 12.7. The van der Waals surface area contributed by atoms with Crippen LogP contribution in [-0.2, 0) is 23.9 Å². The number of allylic oxidation sites excluding steroid dienone is 2. The molecule has 4 aliphatic carbocycles. The van der Waals surface area contributed by atoms with Crippen molar-refractivity contribution in [2.75, 3.05) is 0 Å². The van der Waals surface area contributed by atoms with E-state index in [4.69, 9.17) is 9.47 Å². The van der Waals surface area contributed by atoms with Crippen LogP contribution in [0, 0.1) is 33.5 Å². The number of hydrogen-bond donors (Lipinski definition) is 2. The van der Waals surface area contributed by atoms with Crippen molar-refractivity contribution in [1.82, 2.24) is 0 Å². The monoisotopic (exact) mass is 488 g/mol. The summed E-state index contributed by atoms with van der Waals surface area (Å²) in [6.45, 7) is 14.3. The molecule has 35 heavy (non-hydrogen) atoms. The second-order valence-electron chi connectivity index (χ2n) is 12.4. The zero-order valence-corrected chi connectivity index (χ0v) is 22.2. The van der Waals surface area contributed by atoms with E-state index in [2.05, 4.69) is 13.0 Å². The molecule has 2 fully saturated rings. The van der Waals surface area contributed by atoms with Gasteiger partial charge in [-0.1, -0.05) is 46.3 Å². The molecule has 0 aromatic rings. The van der Waals surface area contributed by atoms with Gasteiger partial charge in [-0.2, -0.15) is 0 Å². The van der Waals surface area contributed by atoms with Gasteiger partial charge < -0.3 is 19.7 Å². The van der Waals surface area contributed by atoms with Crippen molar-refractivity contribution >= 4 is 17.7 Å². The van der Waals surface area contributed by atoms with Gasteiger partial charge in [-0.15, -0.1) is 0 Å². The van der Waals surface area contributed by atoms with Gasteiger partial charge in [0.25, 0.3) is 0 Å². The Morgan fingerprint density at radius 2 is 1.69 bits per heavy atom. The van der Waals surface area contributed by atoms with Crippen LogP contribution in [0.4, 0.5) is 0 Å². The SMILES string of the molecule is CC(=O)O[C@H]1C[C@@H]2C(=CC[C@@H]3[C@@]2(C)C(=O)C=C2[C@](C)([C@H](C)O)[C@@H](O)C[C@]23C)C(C)(C)[C@@H]1OC(C)=O. The Labute approximate surface area is 207 Å². The number of rotatable bonds is 3. The number of fused-ring (bicyclic) bond motifs is 5. The van der Waals surface area contributed by atoms with Crippen LogP contribution in [0.1, 0.15) is 74.7 Å². The summed E-state index contributed by atoms with van der Waals surface area (Å²) in [5.74, 6) is -1.22. The summed E-state index contributed by atoms with van der Waals surface area (Å²) in [5, 5.41) is 21.8. The fraction of sp³-hybridized carbons (Fsp3) is 0.750. The molecule has 7 nitrogen and oxygen atoms in total. The molecular formula is C28H40O7. The summed E-state index contributed by atoms with van der Waals surface area (Å²) in [4.78, 5) is 38.0. The van der Waals surface area contributed by atoms with E-state index < -0.39 is 58.0 Å². The molecule has 0 aliphatic heterocycles. The maximum Gasteiger partial charge on any atom is 0.303 e. The highest BCUT2D eigenvalue weighted by molar-refractivity contribution is 5.98. The van der Waals surface area contributed by atoms with Gasteiger partial charge in [-0.05, 0) is 55.1 Å². The molecular weight excluding hydrogens is 448 g/mol. The van der Waals surface area contributed by atoms with Crippen molar-refractivity contribution in [3.63, 3.8) is 0 Å². The van der Waals surface area contributed by atoms with E-state index in [1.165, 1.54) is 13.8 Å². The Bertz CT molecular complexity index is 1020. The molecule has 2 saturated carbocycles. The largest absolute Gasteiger partial charge is 0.459 e. The first kappa shape index (κ1) is 26.1. The summed E-state index contributed by atoms with van der Waals surface area (Å²) in [5.41, 5.74) is -0.899. The quantitative estimate of drug-likeness (QED) is 0.462. The molecule has 4 aliphatic rings. The lowest BCUT2D eigenvalue weighted by Gasteiger charge is -2.60. The molecule has 2 N–H and O–H groups in total. The molecule has 0 aromatic heterocycles. The second kappa shape index (κ2) is 8.01. The minimum Gasteiger partial charge on any atom is -0.459 e. The predicted molar refractivity (Wildman–Crippen MR) is 129 cm³/mol. The molecule has 194 valence electrons. The lowest BCUT2D eigenvalue weighted by Crippen LogP contribution is -2.61. The van der Waals surface area contributed by atoms with Crippen molar-refractivity contribution in [1.29, 1.82) is 0 Å². The van der Waals surface area contributed by atoms with E-state index in [0.29, 0.717) is 19.3 Å². The van der Waals surface area contributed by atoms with Crippen LogP contribution in [0.2, 0.25) is 0 Å². The number of aliphatic hydroxyl groups excluding tert-OH is 2. The number of hydrogen-bond acceptors (Lipinski definition) is 7. The smallest absolute Gasteiger partial charge is 0.303 e. The van der Waals surface area contributed by atoms with Crippen LogP contribution in [0.25, 0.3) is 0 Å². The second-order valence-corrected chi connectivity index (χ2v) is 12.4. The Morgan fingerprint density at radius 1 is 1.09 bits per heavy atom. The van der Waals surface area contributed by atoms with Gasteiger partial charge in [0.05, 0.1) is 12.2 Å². The standard InChI is InChI=1S/C28H40O7/c1-14(29)27(7)21-12-22(32)28(8)18-11-19(34-15(2)30)24(35-16(3)31)25(4,5)17(18)9-10-20(28)26(21,6)13-23(27)33/h9,12,14,18-20,23-24,29,33H,10-11,13H2,1-8H3/t14-,18+,19-,20-,23-,24+,26-,27-,28-/m0/s1. The van der Waals surface area contributed by atoms with E-state index in [1.807, 2.05) is 27.7 Å². The maximum atomic E-state index is 14.0. The van der Waals surface area contributed by atoms with Crippen molar-refractivity contribution < 1.29 is 34.1 Å². The molecule has 4 rings (SSSR count). The van der Waals surface area contributed by atoms with Crippen molar-refractivity contribution in [2.45, 2.75) is 99.1 Å². The van der Waals surface area contributed by atoms with E-state index in [9.17, 15) is 24.6 Å². The number of carbonyl (C=O) groups excluding carboxylic acids is 3. The zero-order chi connectivity index (χ0) is 26.3. The van der Waals surface area contributed by atoms with E-state index in [-0.39, 0.29) is 17.6 Å². The first-order chi connectivity index (χ1) is 16.0. The molecule has 0 saturated heterocycles. The van der Waals surface area contributed by atoms with Crippen molar-refractivity contribution in [3.05, 3.63) is 23.3 Å². The lowest BCUT2D eigenvalue weighted by atomic mass is 9.43.